The van der Waals surface area contributed by atoms with E-state index in [1.165, 1.54) is 34.8 Å². The molecule has 3 amide bonds. The molecule has 0 radical (unpaired) electrons. The van der Waals surface area contributed by atoms with Crippen LogP contribution in [0.1, 0.15) is 124 Å². The number of amides is 3. The molecule has 0 spiro atoms. The van der Waals surface area contributed by atoms with Crippen LogP contribution in [0.5, 0.6) is 0 Å². The van der Waals surface area contributed by atoms with Gasteiger partial charge in [0.05, 0.1) is 104 Å². The first-order valence-electron chi connectivity index (χ1n) is 33.1. The molecule has 15 N–H and O–H groups in total. The third-order valence-corrected chi connectivity index (χ3v) is 18.0. The first-order chi connectivity index (χ1) is 46.6. The van der Waals surface area contributed by atoms with Crippen molar-refractivity contribution in [2.45, 2.75) is 210 Å². The molecular weight excluding hydrogens is 1380 g/mol. The number of aliphatic hydroxyl groups is 9. The molecule has 2 heterocycles. The third kappa shape index (κ3) is 39.7. The lowest BCUT2D eigenvalue weighted by Gasteiger charge is -2.42. The summed E-state index contributed by atoms with van der Waals surface area (Å²) in [6.45, 7) is 2.43. The van der Waals surface area contributed by atoms with Gasteiger partial charge >= 0.3 is 23.5 Å². The average Bonchev–Trinajstić information content (AvgIpc) is 0.816. The number of hydrogen-bond donors (Lipinski definition) is 15. The number of aliphatic hydroxyl groups excluding tert-OH is 9. The van der Waals surface area contributed by atoms with Gasteiger partial charge in [-0.2, -0.15) is 0 Å². The summed E-state index contributed by atoms with van der Waals surface area (Å²) in [5.41, 5.74) is -0.977. The highest BCUT2D eigenvalue weighted by atomic mass is 31.2. The van der Waals surface area contributed by atoms with E-state index in [-0.39, 0.29) is 125 Å². The predicted octanol–water partition coefficient (Wildman–Crippen LogP) is -0.560. The second kappa shape index (κ2) is 52.0. The Hall–Kier alpha value is -2.02. The van der Waals surface area contributed by atoms with Crippen LogP contribution in [0.15, 0.2) is 0 Å². The zero-order valence-corrected chi connectivity index (χ0v) is 59.7. The number of rotatable bonds is 61. The Bertz CT molecular complexity index is 2160. The maximum Gasteiger partial charge on any atom is 0.472 e. The standard InChI is InChI=1S/C58H114N3O34P3/c1-41(66)46(34-63)93-55(45(33-62)59-42(2)67)84-24-12-6-9-15-27-87-96(74,75)90-30-18-21-81-38-58(37-80-5,39-82-22-19-31-91-97(76,77)88-28-16-10-7-13-25-85-56-49(60-43(3)68)53(72)51(70)47(35-64)94-56)40-83-23-20-32-92-98(78,79)89-29-17-11-8-14-26-86-57-50(61-44(4)69)54(73)52(71)48(36-65)95-57/h41,45-57,62-66,70-73H,6-40H2,1-5H3,(H,59,67)(H,60,68)(H,61,69)(H,74,75)(H,76,77)(H,78,79)/t41-,45+,46?,47?,48?,49?,50?,51?,52?,53?,54?,55?,56?,57?,58?/m1/s1. The molecule has 0 aromatic heterocycles. The zero-order chi connectivity index (χ0) is 73.0. The van der Waals surface area contributed by atoms with Crippen LogP contribution in [0.2, 0.25) is 0 Å². The molecule has 40 heteroatoms. The van der Waals surface area contributed by atoms with Gasteiger partial charge < -0.3 is 124 Å². The van der Waals surface area contributed by atoms with Gasteiger partial charge in [-0.1, -0.05) is 38.5 Å². The summed E-state index contributed by atoms with van der Waals surface area (Å²) < 4.78 is 126. The van der Waals surface area contributed by atoms with Crippen LogP contribution in [-0.2, 0) is 103 Å². The fraction of sp³-hybridized carbons (Fsp3) is 0.948. The number of hydrogen-bond acceptors (Lipinski definition) is 31. The van der Waals surface area contributed by atoms with Crippen LogP contribution in [0.3, 0.4) is 0 Å². The molecule has 37 nitrogen and oxygen atoms in total. The SMILES string of the molecule is COCC(COCCCOP(=O)(O)OCCCCCCOC1OC(CO)C(O)C(O)C1NC(C)=O)(COCCCOP(=O)(O)OCCCCCCOC1OC(CO)C(O)C(O)C1NC(C)=O)COCCCOP(=O)(O)OCCCCCCOC(OC(CO)[C@@H](C)O)[C@H](CO)NC(C)=O. The van der Waals surface area contributed by atoms with Crippen molar-refractivity contribution in [1.82, 2.24) is 16.0 Å². The number of methoxy groups -OCH3 is 1. The number of ether oxygens (including phenoxy) is 10. The molecule has 98 heavy (non-hydrogen) atoms. The maximum atomic E-state index is 12.7. The van der Waals surface area contributed by atoms with Gasteiger partial charge in [0.2, 0.25) is 17.7 Å². The Balaban J connectivity index is 1.85. The number of phosphoric ester groups is 3. The molecule has 15 unspecified atom stereocenters. The molecular formula is C58H114N3O34P3. The van der Waals surface area contributed by atoms with Crippen LogP contribution < -0.4 is 16.0 Å². The molecule has 2 aliphatic rings. The zero-order valence-electron chi connectivity index (χ0n) is 57.0. The maximum absolute atomic E-state index is 12.7. The average molecular weight is 1490 g/mol. The van der Waals surface area contributed by atoms with Crippen molar-refractivity contribution >= 4 is 41.2 Å². The van der Waals surface area contributed by atoms with Crippen molar-refractivity contribution in [3.8, 4) is 0 Å². The number of carbonyl (C=O) groups excluding carboxylic acids is 3. The summed E-state index contributed by atoms with van der Waals surface area (Å²) in [5.74, 6) is -1.42. The number of unbranched alkanes of at least 4 members (excludes halogenated alkanes) is 9. The molecule has 17 atom stereocenters. The first-order valence-corrected chi connectivity index (χ1v) is 37.6. The van der Waals surface area contributed by atoms with E-state index in [0.29, 0.717) is 77.0 Å². The van der Waals surface area contributed by atoms with E-state index in [1.807, 2.05) is 0 Å². The van der Waals surface area contributed by atoms with E-state index in [4.69, 9.17) is 74.5 Å². The summed E-state index contributed by atoms with van der Waals surface area (Å²) in [4.78, 5) is 65.9. The van der Waals surface area contributed by atoms with Gasteiger partial charge in [0.1, 0.15) is 60.9 Å². The molecule has 580 valence electrons. The van der Waals surface area contributed by atoms with Gasteiger partial charge in [-0.15, -0.1) is 0 Å². The number of phosphoric acid groups is 3. The van der Waals surface area contributed by atoms with Gasteiger partial charge in [0.25, 0.3) is 0 Å². The minimum Gasteiger partial charge on any atom is -0.394 e. The summed E-state index contributed by atoms with van der Waals surface area (Å²) in [6.07, 6.45) is -6.89. The van der Waals surface area contributed by atoms with E-state index in [2.05, 4.69) is 16.0 Å². The molecule has 2 fully saturated rings. The lowest BCUT2D eigenvalue weighted by atomic mass is 9.92. The lowest BCUT2D eigenvalue weighted by Crippen LogP contribution is -2.64. The van der Waals surface area contributed by atoms with Gasteiger partial charge in [0, 0.05) is 67.5 Å². The monoisotopic (exact) mass is 1490 g/mol. The quantitative estimate of drug-likeness (QED) is 0.0206. The summed E-state index contributed by atoms with van der Waals surface area (Å²) >= 11 is 0. The highest BCUT2D eigenvalue weighted by Crippen LogP contribution is 2.45. The van der Waals surface area contributed by atoms with Crippen molar-refractivity contribution in [1.29, 1.82) is 0 Å². The first kappa shape index (κ1) is 92.1. The van der Waals surface area contributed by atoms with E-state index in [1.54, 1.807) is 0 Å². The summed E-state index contributed by atoms with van der Waals surface area (Å²) in [6, 6.07) is -3.11. The Morgan fingerprint density at radius 2 is 0.816 bits per heavy atom. The van der Waals surface area contributed by atoms with Gasteiger partial charge in [-0.05, 0) is 64.7 Å². The Labute approximate surface area is 573 Å². The van der Waals surface area contributed by atoms with Crippen LogP contribution in [0, 0.1) is 5.41 Å². The van der Waals surface area contributed by atoms with Gasteiger partial charge in [0.15, 0.2) is 18.9 Å². The molecule has 0 aromatic rings. The molecule has 0 saturated carbocycles. The molecule has 2 rings (SSSR count). The highest BCUT2D eigenvalue weighted by Gasteiger charge is 2.47. The fourth-order valence-corrected chi connectivity index (χ4v) is 12.2. The Morgan fingerprint density at radius 1 is 0.469 bits per heavy atom. The van der Waals surface area contributed by atoms with Gasteiger partial charge in [-0.25, -0.2) is 13.7 Å². The highest BCUT2D eigenvalue weighted by molar-refractivity contribution is 7.47. The van der Waals surface area contributed by atoms with Crippen molar-refractivity contribution < 1.29 is 163 Å². The molecule has 2 saturated heterocycles. The van der Waals surface area contributed by atoms with Crippen molar-refractivity contribution in [2.75, 3.05) is 139 Å². The van der Waals surface area contributed by atoms with E-state index in [9.17, 15) is 88.7 Å². The molecule has 0 bridgehead atoms. The fourth-order valence-electron chi connectivity index (χ4n) is 9.79. The number of carbonyl (C=O) groups is 3. The second-order valence-electron chi connectivity index (χ2n) is 23.7. The van der Waals surface area contributed by atoms with Crippen LogP contribution in [0.25, 0.3) is 0 Å². The van der Waals surface area contributed by atoms with Crippen LogP contribution in [0.4, 0.5) is 0 Å². The minimum absolute atomic E-state index is 0.0235. The van der Waals surface area contributed by atoms with E-state index < -0.39 is 159 Å². The Morgan fingerprint density at radius 3 is 1.12 bits per heavy atom. The van der Waals surface area contributed by atoms with Gasteiger partial charge in [-0.3, -0.25) is 41.5 Å². The van der Waals surface area contributed by atoms with Crippen LogP contribution in [-0.4, -0.2) is 303 Å². The smallest absolute Gasteiger partial charge is 0.394 e. The normalized spacial score (nSPS) is 25.1. The lowest BCUT2D eigenvalue weighted by molar-refractivity contribution is -0.270. The largest absolute Gasteiger partial charge is 0.472 e. The van der Waals surface area contributed by atoms with Crippen LogP contribution >= 0.6 is 23.5 Å². The molecule has 0 aliphatic carbocycles. The van der Waals surface area contributed by atoms with E-state index in [0.717, 1.165) is 0 Å². The summed E-state index contributed by atoms with van der Waals surface area (Å²) in [7, 11) is -11.9. The summed E-state index contributed by atoms with van der Waals surface area (Å²) in [5, 5.41) is 97.1. The topological polar surface area (TPSA) is 529 Å². The number of nitrogens with one attached hydrogen (secondary N) is 3. The minimum atomic E-state index is -4.45. The molecule has 2 aliphatic heterocycles. The van der Waals surface area contributed by atoms with Crippen molar-refractivity contribution in [2.24, 2.45) is 5.41 Å². The van der Waals surface area contributed by atoms with E-state index >= 15 is 0 Å². The predicted molar refractivity (Wildman–Crippen MR) is 342 cm³/mol. The van der Waals surface area contributed by atoms with Crippen molar-refractivity contribution in [3.63, 3.8) is 0 Å². The van der Waals surface area contributed by atoms with Crippen molar-refractivity contribution in [3.05, 3.63) is 0 Å². The Kier molecular flexibility index (Phi) is 48.9. The molecule has 0 aromatic carbocycles. The second-order valence-corrected chi connectivity index (χ2v) is 28.1. The third-order valence-electron chi connectivity index (χ3n) is 14.9.